The molecule has 0 aliphatic heterocycles. The van der Waals surface area contributed by atoms with Crippen LogP contribution >= 0.6 is 0 Å². The van der Waals surface area contributed by atoms with Gasteiger partial charge in [0.05, 0.1) is 6.33 Å². The maximum atomic E-state index is 12.1. The van der Waals surface area contributed by atoms with Crippen LogP contribution in [-0.2, 0) is 13.1 Å². The lowest BCUT2D eigenvalue weighted by Gasteiger charge is -2.10. The van der Waals surface area contributed by atoms with Crippen molar-refractivity contribution in [2.24, 2.45) is 0 Å². The lowest BCUT2D eigenvalue weighted by atomic mass is 10.2. The molecule has 0 fully saturated rings. The molecule has 102 valence electrons. The molecule has 0 saturated heterocycles. The van der Waals surface area contributed by atoms with Crippen LogP contribution in [-0.4, -0.2) is 16.3 Å². The van der Waals surface area contributed by atoms with E-state index in [2.05, 4.69) is 20.0 Å². The van der Waals surface area contributed by atoms with Crippen molar-refractivity contribution in [1.82, 2.24) is 15.3 Å². The normalized spacial score (nSPS) is 11.5. The molecular weight excluding hydrogens is 259 g/mol. The number of imidazole rings is 1. The molecule has 0 amide bonds. The maximum absolute atomic E-state index is 12.1. The number of aromatic amines is 1. The van der Waals surface area contributed by atoms with Gasteiger partial charge in [-0.1, -0.05) is 12.1 Å². The van der Waals surface area contributed by atoms with Crippen molar-refractivity contribution < 1.29 is 17.9 Å². The first-order valence-corrected chi connectivity index (χ1v) is 5.55. The molecule has 2 N–H and O–H groups in total. The van der Waals surface area contributed by atoms with E-state index in [1.807, 2.05) is 0 Å². The molecule has 19 heavy (non-hydrogen) atoms. The van der Waals surface area contributed by atoms with Crippen molar-refractivity contribution in [3.05, 3.63) is 48.0 Å². The first-order chi connectivity index (χ1) is 9.03. The van der Waals surface area contributed by atoms with Gasteiger partial charge in [0.15, 0.2) is 0 Å². The van der Waals surface area contributed by atoms with Crippen LogP contribution in [0.1, 0.15) is 11.3 Å². The Morgan fingerprint density at radius 2 is 2.11 bits per heavy atom. The highest BCUT2D eigenvalue weighted by atomic mass is 19.4. The molecule has 2 rings (SSSR count). The Morgan fingerprint density at radius 3 is 2.79 bits per heavy atom. The molecule has 0 radical (unpaired) electrons. The molecule has 1 aromatic carbocycles. The second kappa shape index (κ2) is 5.75. The fraction of sp³-hybridized carbons (Fsp3) is 0.250. The van der Waals surface area contributed by atoms with Gasteiger partial charge in [0, 0.05) is 25.0 Å². The van der Waals surface area contributed by atoms with Crippen LogP contribution < -0.4 is 10.1 Å². The monoisotopic (exact) mass is 271 g/mol. The number of alkyl halides is 3. The lowest BCUT2D eigenvalue weighted by Crippen LogP contribution is -2.17. The Balaban J connectivity index is 1.88. The highest BCUT2D eigenvalue weighted by molar-refractivity contribution is 5.28. The summed E-state index contributed by atoms with van der Waals surface area (Å²) in [5, 5.41) is 3.09. The average molecular weight is 271 g/mol. The summed E-state index contributed by atoms with van der Waals surface area (Å²) >= 11 is 0. The summed E-state index contributed by atoms with van der Waals surface area (Å²) < 4.78 is 40.0. The molecule has 1 aromatic heterocycles. The largest absolute Gasteiger partial charge is 0.573 e. The quantitative estimate of drug-likeness (QED) is 0.878. The number of H-pyrrole nitrogens is 1. The van der Waals surface area contributed by atoms with Crippen molar-refractivity contribution in [2.75, 3.05) is 0 Å². The van der Waals surface area contributed by atoms with Gasteiger partial charge >= 0.3 is 6.36 Å². The number of halogens is 3. The van der Waals surface area contributed by atoms with Crippen LogP contribution in [0.3, 0.4) is 0 Å². The van der Waals surface area contributed by atoms with Gasteiger partial charge in [-0.3, -0.25) is 0 Å². The minimum Gasteiger partial charge on any atom is -0.406 e. The Bertz CT molecular complexity index is 511. The molecular formula is C12H12F3N3O. The van der Waals surface area contributed by atoms with E-state index in [-0.39, 0.29) is 5.75 Å². The smallest absolute Gasteiger partial charge is 0.406 e. The van der Waals surface area contributed by atoms with E-state index >= 15 is 0 Å². The van der Waals surface area contributed by atoms with Crippen LogP contribution in [0.5, 0.6) is 5.75 Å². The summed E-state index contributed by atoms with van der Waals surface area (Å²) in [5.41, 5.74) is 1.61. The van der Waals surface area contributed by atoms with Crippen molar-refractivity contribution in [2.45, 2.75) is 19.5 Å². The summed E-state index contributed by atoms with van der Waals surface area (Å²) in [4.78, 5) is 6.78. The average Bonchev–Trinajstić information content (AvgIpc) is 2.80. The third-order valence-electron chi connectivity index (χ3n) is 2.33. The van der Waals surface area contributed by atoms with Crippen molar-refractivity contribution >= 4 is 0 Å². The molecule has 2 aromatic rings. The second-order valence-electron chi connectivity index (χ2n) is 3.88. The van der Waals surface area contributed by atoms with Crippen LogP contribution in [0.15, 0.2) is 36.8 Å². The molecule has 0 bridgehead atoms. The molecule has 0 atom stereocenters. The Hall–Kier alpha value is -2.02. The third-order valence-corrected chi connectivity index (χ3v) is 2.33. The summed E-state index contributed by atoms with van der Waals surface area (Å²) in [6, 6.07) is 5.87. The summed E-state index contributed by atoms with van der Waals surface area (Å²) in [6.07, 6.45) is -1.42. The van der Waals surface area contributed by atoms with E-state index in [0.29, 0.717) is 18.7 Å². The maximum Gasteiger partial charge on any atom is 0.573 e. The Morgan fingerprint density at radius 1 is 1.26 bits per heavy atom. The number of aromatic nitrogens is 2. The van der Waals surface area contributed by atoms with E-state index in [1.165, 1.54) is 18.2 Å². The summed E-state index contributed by atoms with van der Waals surface area (Å²) in [6.45, 7) is 0.998. The molecule has 1 heterocycles. The van der Waals surface area contributed by atoms with E-state index in [0.717, 1.165) is 5.69 Å². The van der Waals surface area contributed by atoms with E-state index < -0.39 is 6.36 Å². The van der Waals surface area contributed by atoms with Gasteiger partial charge in [-0.25, -0.2) is 4.98 Å². The number of nitrogens with one attached hydrogen (secondary N) is 2. The SMILES string of the molecule is FC(F)(F)Oc1cccc(CNCc2cnc[nH]2)c1. The highest BCUT2D eigenvalue weighted by Gasteiger charge is 2.31. The molecule has 0 saturated carbocycles. The summed E-state index contributed by atoms with van der Waals surface area (Å²) in [7, 11) is 0. The van der Waals surface area contributed by atoms with Crippen LogP contribution in [0.25, 0.3) is 0 Å². The molecule has 7 heteroatoms. The topological polar surface area (TPSA) is 49.9 Å². The molecule has 4 nitrogen and oxygen atoms in total. The summed E-state index contributed by atoms with van der Waals surface area (Å²) in [5.74, 6) is -0.214. The lowest BCUT2D eigenvalue weighted by molar-refractivity contribution is -0.274. The standard InChI is InChI=1S/C12H12F3N3O/c13-12(14,15)19-11-3-1-2-9(4-11)5-16-6-10-7-17-8-18-10/h1-4,7-8,16H,5-6H2,(H,17,18). The third kappa shape index (κ3) is 4.63. The predicted octanol–water partition coefficient (Wildman–Crippen LogP) is 2.60. The van der Waals surface area contributed by atoms with Gasteiger partial charge in [0.1, 0.15) is 5.75 Å². The molecule has 0 aliphatic rings. The molecule has 0 unspecified atom stereocenters. The Kier molecular flexibility index (Phi) is 4.06. The predicted molar refractivity (Wildman–Crippen MR) is 62.3 cm³/mol. The molecule has 0 spiro atoms. The van der Waals surface area contributed by atoms with Crippen molar-refractivity contribution in [3.8, 4) is 5.75 Å². The van der Waals surface area contributed by atoms with Gasteiger partial charge in [0.2, 0.25) is 0 Å². The van der Waals surface area contributed by atoms with Crippen LogP contribution in [0.2, 0.25) is 0 Å². The van der Waals surface area contributed by atoms with Gasteiger partial charge in [-0.05, 0) is 17.7 Å². The first-order valence-electron chi connectivity index (χ1n) is 5.55. The number of rotatable bonds is 5. The zero-order valence-electron chi connectivity index (χ0n) is 9.87. The fourth-order valence-corrected chi connectivity index (χ4v) is 1.58. The van der Waals surface area contributed by atoms with Gasteiger partial charge in [0.25, 0.3) is 0 Å². The minimum atomic E-state index is -4.66. The number of hydrogen-bond donors (Lipinski definition) is 2. The number of ether oxygens (including phenoxy) is 1. The van der Waals surface area contributed by atoms with Gasteiger partial charge in [-0.15, -0.1) is 13.2 Å². The number of hydrogen-bond acceptors (Lipinski definition) is 3. The van der Waals surface area contributed by atoms with Gasteiger partial charge in [-0.2, -0.15) is 0 Å². The van der Waals surface area contributed by atoms with Crippen LogP contribution in [0.4, 0.5) is 13.2 Å². The van der Waals surface area contributed by atoms with E-state index in [1.54, 1.807) is 18.6 Å². The zero-order chi connectivity index (χ0) is 13.7. The fourth-order valence-electron chi connectivity index (χ4n) is 1.58. The van der Waals surface area contributed by atoms with Crippen LogP contribution in [0, 0.1) is 0 Å². The minimum absolute atomic E-state index is 0.214. The van der Waals surface area contributed by atoms with E-state index in [9.17, 15) is 13.2 Å². The number of benzene rings is 1. The zero-order valence-corrected chi connectivity index (χ0v) is 9.87. The molecule has 0 aliphatic carbocycles. The van der Waals surface area contributed by atoms with E-state index in [4.69, 9.17) is 0 Å². The Labute approximate surface area is 107 Å². The van der Waals surface area contributed by atoms with Crippen molar-refractivity contribution in [3.63, 3.8) is 0 Å². The number of nitrogens with zero attached hydrogens (tertiary/aromatic N) is 1. The second-order valence-corrected chi connectivity index (χ2v) is 3.88. The van der Waals surface area contributed by atoms with Gasteiger partial charge < -0.3 is 15.0 Å². The first kappa shape index (κ1) is 13.4. The highest BCUT2D eigenvalue weighted by Crippen LogP contribution is 2.23. The van der Waals surface area contributed by atoms with Crippen molar-refractivity contribution in [1.29, 1.82) is 0 Å².